The lowest BCUT2D eigenvalue weighted by molar-refractivity contribution is 0.381. The molecule has 1 atom stereocenters. The number of fused-ring (bicyclic) bond motifs is 1. The SMILES string of the molecule is CN=C(NCCc1nnc2ccccn12)N1CCSC(C(C)C)C1. The highest BCUT2D eigenvalue weighted by Gasteiger charge is 2.24. The quantitative estimate of drug-likeness (QED) is 0.677. The number of pyridine rings is 1. The van der Waals surface area contributed by atoms with Crippen molar-refractivity contribution in [3.8, 4) is 0 Å². The average Bonchev–Trinajstić information content (AvgIpc) is 3.02. The minimum atomic E-state index is 0.678. The van der Waals surface area contributed by atoms with Gasteiger partial charge in [-0.15, -0.1) is 10.2 Å². The Labute approximate surface area is 147 Å². The third-order valence-electron chi connectivity index (χ3n) is 4.36. The first-order valence-electron chi connectivity index (χ1n) is 8.55. The fourth-order valence-corrected chi connectivity index (χ4v) is 4.25. The highest BCUT2D eigenvalue weighted by molar-refractivity contribution is 8.00. The summed E-state index contributed by atoms with van der Waals surface area (Å²) in [6.07, 6.45) is 2.83. The van der Waals surface area contributed by atoms with E-state index in [-0.39, 0.29) is 0 Å². The number of hydrogen-bond donors (Lipinski definition) is 1. The van der Waals surface area contributed by atoms with Crippen LogP contribution in [-0.2, 0) is 6.42 Å². The first kappa shape index (κ1) is 17.1. The van der Waals surface area contributed by atoms with Crippen molar-refractivity contribution in [2.75, 3.05) is 32.4 Å². The topological polar surface area (TPSA) is 57.8 Å². The van der Waals surface area contributed by atoms with Crippen molar-refractivity contribution in [1.29, 1.82) is 0 Å². The van der Waals surface area contributed by atoms with Crippen molar-refractivity contribution in [2.24, 2.45) is 10.9 Å². The number of thioether (sulfide) groups is 1. The second-order valence-electron chi connectivity index (χ2n) is 6.37. The Kier molecular flexibility index (Phi) is 5.60. The Hall–Kier alpha value is -1.76. The fraction of sp³-hybridized carbons (Fsp3) is 0.588. The van der Waals surface area contributed by atoms with Crippen LogP contribution in [0.4, 0.5) is 0 Å². The van der Waals surface area contributed by atoms with E-state index >= 15 is 0 Å². The summed E-state index contributed by atoms with van der Waals surface area (Å²) in [7, 11) is 1.86. The molecule has 1 saturated heterocycles. The zero-order chi connectivity index (χ0) is 16.9. The normalized spacial score (nSPS) is 19.2. The molecule has 7 heteroatoms. The highest BCUT2D eigenvalue weighted by Crippen LogP contribution is 2.24. The van der Waals surface area contributed by atoms with Crippen LogP contribution in [0.3, 0.4) is 0 Å². The maximum absolute atomic E-state index is 4.47. The molecule has 0 aromatic carbocycles. The van der Waals surface area contributed by atoms with Gasteiger partial charge in [0.1, 0.15) is 5.82 Å². The third kappa shape index (κ3) is 3.83. The molecule has 3 heterocycles. The van der Waals surface area contributed by atoms with Gasteiger partial charge in [-0.05, 0) is 18.1 Å². The lowest BCUT2D eigenvalue weighted by Gasteiger charge is -2.36. The lowest BCUT2D eigenvalue weighted by Crippen LogP contribution is -2.49. The lowest BCUT2D eigenvalue weighted by atomic mass is 10.1. The second-order valence-corrected chi connectivity index (χ2v) is 7.72. The van der Waals surface area contributed by atoms with Crippen molar-refractivity contribution in [3.63, 3.8) is 0 Å². The molecule has 1 N–H and O–H groups in total. The van der Waals surface area contributed by atoms with Crippen molar-refractivity contribution in [2.45, 2.75) is 25.5 Å². The van der Waals surface area contributed by atoms with Crippen LogP contribution in [-0.4, -0.2) is 63.1 Å². The minimum Gasteiger partial charge on any atom is -0.356 e. The Bertz CT molecular complexity index is 695. The largest absolute Gasteiger partial charge is 0.356 e. The number of guanidine groups is 1. The van der Waals surface area contributed by atoms with E-state index in [0.29, 0.717) is 11.2 Å². The number of aliphatic imine (C=N–C) groups is 1. The van der Waals surface area contributed by atoms with Gasteiger partial charge in [0.25, 0.3) is 0 Å². The van der Waals surface area contributed by atoms with Gasteiger partial charge in [0, 0.05) is 50.3 Å². The van der Waals surface area contributed by atoms with E-state index in [1.807, 2.05) is 35.8 Å². The fourth-order valence-electron chi connectivity index (χ4n) is 2.95. The van der Waals surface area contributed by atoms with Gasteiger partial charge in [-0.2, -0.15) is 11.8 Å². The standard InChI is InChI=1S/C17H26N6S/c1-13(2)14-12-22(10-11-24-14)17(18-3)19-8-7-16-21-20-15-6-4-5-9-23(15)16/h4-6,9,13-14H,7-8,10-12H2,1-3H3,(H,18,19). The first-order valence-corrected chi connectivity index (χ1v) is 9.59. The van der Waals surface area contributed by atoms with Gasteiger partial charge in [-0.1, -0.05) is 19.9 Å². The molecule has 2 aromatic rings. The Morgan fingerprint density at radius 1 is 1.42 bits per heavy atom. The van der Waals surface area contributed by atoms with E-state index in [4.69, 9.17) is 0 Å². The monoisotopic (exact) mass is 346 g/mol. The maximum Gasteiger partial charge on any atom is 0.193 e. The summed E-state index contributed by atoms with van der Waals surface area (Å²) in [6.45, 7) is 7.52. The number of rotatable bonds is 4. The molecule has 130 valence electrons. The highest BCUT2D eigenvalue weighted by atomic mass is 32.2. The molecule has 1 aliphatic rings. The molecule has 6 nitrogen and oxygen atoms in total. The van der Waals surface area contributed by atoms with Crippen LogP contribution in [0.25, 0.3) is 5.65 Å². The molecule has 1 aliphatic heterocycles. The molecule has 0 radical (unpaired) electrons. The van der Waals surface area contributed by atoms with E-state index < -0.39 is 0 Å². The van der Waals surface area contributed by atoms with Gasteiger partial charge in [0.15, 0.2) is 11.6 Å². The predicted octanol–water partition coefficient (Wildman–Crippen LogP) is 1.92. The Morgan fingerprint density at radius 2 is 2.29 bits per heavy atom. The zero-order valence-electron chi connectivity index (χ0n) is 14.6. The summed E-state index contributed by atoms with van der Waals surface area (Å²) in [5.74, 6) is 3.83. The molecule has 1 fully saturated rings. The summed E-state index contributed by atoms with van der Waals surface area (Å²) in [4.78, 5) is 6.84. The zero-order valence-corrected chi connectivity index (χ0v) is 15.5. The molecular weight excluding hydrogens is 320 g/mol. The van der Waals surface area contributed by atoms with Crippen molar-refractivity contribution >= 4 is 23.4 Å². The van der Waals surface area contributed by atoms with Crippen molar-refractivity contribution in [3.05, 3.63) is 30.2 Å². The van der Waals surface area contributed by atoms with Gasteiger partial charge in [0.2, 0.25) is 0 Å². The minimum absolute atomic E-state index is 0.678. The molecule has 0 bridgehead atoms. The molecule has 1 unspecified atom stereocenters. The molecular formula is C17H26N6S. The summed E-state index contributed by atoms with van der Waals surface area (Å²) < 4.78 is 2.04. The molecule has 3 rings (SSSR count). The smallest absolute Gasteiger partial charge is 0.193 e. The molecule has 0 aliphatic carbocycles. The van der Waals surface area contributed by atoms with Gasteiger partial charge < -0.3 is 10.2 Å². The maximum atomic E-state index is 4.47. The Morgan fingerprint density at radius 3 is 3.08 bits per heavy atom. The number of hydrogen-bond acceptors (Lipinski definition) is 4. The van der Waals surface area contributed by atoms with Crippen LogP contribution < -0.4 is 5.32 Å². The van der Waals surface area contributed by atoms with E-state index in [9.17, 15) is 0 Å². The van der Waals surface area contributed by atoms with Gasteiger partial charge >= 0.3 is 0 Å². The van der Waals surface area contributed by atoms with Crippen LogP contribution in [0.15, 0.2) is 29.4 Å². The van der Waals surface area contributed by atoms with Gasteiger partial charge in [0.05, 0.1) is 0 Å². The number of aromatic nitrogens is 3. The summed E-state index contributed by atoms with van der Waals surface area (Å²) in [5.41, 5.74) is 0.893. The summed E-state index contributed by atoms with van der Waals surface area (Å²) in [6, 6.07) is 5.96. The van der Waals surface area contributed by atoms with Gasteiger partial charge in [-0.25, -0.2) is 0 Å². The first-order chi connectivity index (χ1) is 11.7. The van der Waals surface area contributed by atoms with Crippen molar-refractivity contribution < 1.29 is 0 Å². The molecule has 0 saturated carbocycles. The van der Waals surface area contributed by atoms with E-state index in [0.717, 1.165) is 43.5 Å². The Balaban J connectivity index is 1.56. The number of nitrogens with zero attached hydrogens (tertiary/aromatic N) is 5. The van der Waals surface area contributed by atoms with Crippen LogP contribution in [0.5, 0.6) is 0 Å². The van der Waals surface area contributed by atoms with Gasteiger partial charge in [-0.3, -0.25) is 9.39 Å². The third-order valence-corrected chi connectivity index (χ3v) is 5.90. The number of nitrogens with one attached hydrogen (secondary N) is 1. The van der Waals surface area contributed by atoms with Crippen LogP contribution >= 0.6 is 11.8 Å². The van der Waals surface area contributed by atoms with Crippen LogP contribution in [0.2, 0.25) is 0 Å². The average molecular weight is 347 g/mol. The van der Waals surface area contributed by atoms with Crippen molar-refractivity contribution in [1.82, 2.24) is 24.8 Å². The molecule has 0 spiro atoms. The van der Waals surface area contributed by atoms with E-state index in [1.54, 1.807) is 0 Å². The second kappa shape index (κ2) is 7.88. The van der Waals surface area contributed by atoms with E-state index in [2.05, 4.69) is 51.0 Å². The van der Waals surface area contributed by atoms with Crippen LogP contribution in [0.1, 0.15) is 19.7 Å². The summed E-state index contributed by atoms with van der Waals surface area (Å²) in [5, 5.41) is 12.6. The molecule has 2 aromatic heterocycles. The molecule has 24 heavy (non-hydrogen) atoms. The van der Waals surface area contributed by atoms with E-state index in [1.165, 1.54) is 5.75 Å². The summed E-state index contributed by atoms with van der Waals surface area (Å²) >= 11 is 2.08. The predicted molar refractivity (Wildman–Crippen MR) is 101 cm³/mol. The van der Waals surface area contributed by atoms with Crippen LogP contribution in [0, 0.1) is 5.92 Å². The molecule has 0 amide bonds.